The zero-order valence-corrected chi connectivity index (χ0v) is 13.2. The van der Waals surface area contributed by atoms with Crippen LogP contribution >= 0.6 is 0 Å². The Balaban J connectivity index is 2.07. The van der Waals surface area contributed by atoms with Crippen LogP contribution in [-0.4, -0.2) is 54.9 Å². The van der Waals surface area contributed by atoms with Crippen LogP contribution in [0.1, 0.15) is 16.9 Å². The van der Waals surface area contributed by atoms with E-state index >= 15 is 0 Å². The predicted octanol–water partition coefficient (Wildman–Crippen LogP) is 1.56. The molecule has 0 atom stereocenters. The van der Waals surface area contributed by atoms with Crippen LogP contribution in [0.25, 0.3) is 5.69 Å². The number of nitrogens with zero attached hydrogens (tertiary/aromatic N) is 3. The Labute approximate surface area is 130 Å². The lowest BCUT2D eigenvalue weighted by Crippen LogP contribution is -2.27. The van der Waals surface area contributed by atoms with Crippen LogP contribution in [-0.2, 0) is 0 Å². The summed E-state index contributed by atoms with van der Waals surface area (Å²) in [5.74, 6) is 0.249. The number of ether oxygens (including phenoxy) is 1. The third-order valence-corrected chi connectivity index (χ3v) is 3.20. The van der Waals surface area contributed by atoms with Crippen molar-refractivity contribution < 1.29 is 9.53 Å². The van der Waals surface area contributed by atoms with E-state index in [1.165, 1.54) is 7.11 Å². The second kappa shape index (κ2) is 7.61. The molecule has 1 heterocycles. The molecule has 0 aliphatic carbocycles. The van der Waals surface area contributed by atoms with Crippen LogP contribution in [0.3, 0.4) is 0 Å². The lowest BCUT2D eigenvalue weighted by atomic mass is 10.3. The van der Waals surface area contributed by atoms with Crippen molar-refractivity contribution in [1.82, 2.24) is 20.0 Å². The summed E-state index contributed by atoms with van der Waals surface area (Å²) >= 11 is 0. The van der Waals surface area contributed by atoms with E-state index < -0.39 is 0 Å². The lowest BCUT2D eigenvalue weighted by Gasteiger charge is -2.09. The zero-order chi connectivity index (χ0) is 15.9. The predicted molar refractivity (Wildman–Crippen MR) is 85.6 cm³/mol. The van der Waals surface area contributed by atoms with Gasteiger partial charge in [0.25, 0.3) is 5.91 Å². The molecular weight excluding hydrogens is 280 g/mol. The second-order valence-corrected chi connectivity index (χ2v) is 5.24. The first kappa shape index (κ1) is 16.0. The van der Waals surface area contributed by atoms with Gasteiger partial charge in [0.1, 0.15) is 0 Å². The fourth-order valence-corrected chi connectivity index (χ4v) is 2.06. The molecule has 6 heteroatoms. The quantitative estimate of drug-likeness (QED) is 0.789. The average molecular weight is 302 g/mol. The van der Waals surface area contributed by atoms with Crippen LogP contribution in [0.4, 0.5) is 0 Å². The summed E-state index contributed by atoms with van der Waals surface area (Å²) in [7, 11) is 5.55. The molecular formula is C16H22N4O2. The van der Waals surface area contributed by atoms with Crippen LogP contribution in [0, 0.1) is 0 Å². The summed E-state index contributed by atoms with van der Waals surface area (Å²) in [6.07, 6.45) is 2.60. The van der Waals surface area contributed by atoms with Gasteiger partial charge in [0, 0.05) is 6.54 Å². The van der Waals surface area contributed by atoms with Gasteiger partial charge in [-0.2, -0.15) is 5.10 Å². The van der Waals surface area contributed by atoms with Gasteiger partial charge >= 0.3 is 0 Å². The maximum atomic E-state index is 12.2. The standard InChI is InChI=1S/C16H22N4O2/c1-19(2)11-7-10-17-16(21)15-14(22-3)12-20(18-15)13-8-5-4-6-9-13/h4-6,8-9,12H,7,10-11H2,1-3H3,(H,17,21). The molecule has 0 aliphatic rings. The van der Waals surface area contributed by atoms with E-state index in [9.17, 15) is 4.79 Å². The highest BCUT2D eigenvalue weighted by molar-refractivity contribution is 5.94. The Morgan fingerprint density at radius 3 is 2.68 bits per heavy atom. The highest BCUT2D eigenvalue weighted by Gasteiger charge is 2.17. The van der Waals surface area contributed by atoms with Gasteiger partial charge < -0.3 is 15.0 Å². The van der Waals surface area contributed by atoms with Crippen molar-refractivity contribution in [3.63, 3.8) is 0 Å². The molecule has 0 saturated heterocycles. The number of rotatable bonds is 7. The Bertz CT molecular complexity index is 608. The van der Waals surface area contributed by atoms with Gasteiger partial charge in [-0.05, 0) is 39.2 Å². The van der Waals surface area contributed by atoms with Gasteiger partial charge in [-0.1, -0.05) is 18.2 Å². The minimum atomic E-state index is -0.217. The summed E-state index contributed by atoms with van der Waals surface area (Å²) < 4.78 is 6.91. The first-order valence-electron chi connectivity index (χ1n) is 7.24. The number of nitrogens with one attached hydrogen (secondary N) is 1. The highest BCUT2D eigenvalue weighted by atomic mass is 16.5. The van der Waals surface area contributed by atoms with Crippen LogP contribution in [0.15, 0.2) is 36.5 Å². The van der Waals surface area contributed by atoms with E-state index in [4.69, 9.17) is 4.74 Å². The van der Waals surface area contributed by atoms with Gasteiger partial charge in [0.05, 0.1) is 19.0 Å². The number of methoxy groups -OCH3 is 1. The second-order valence-electron chi connectivity index (χ2n) is 5.24. The molecule has 0 unspecified atom stereocenters. The fraction of sp³-hybridized carbons (Fsp3) is 0.375. The Hall–Kier alpha value is -2.34. The number of amides is 1. The molecule has 2 aromatic rings. The first-order chi connectivity index (χ1) is 10.6. The minimum absolute atomic E-state index is 0.217. The van der Waals surface area contributed by atoms with Crippen LogP contribution < -0.4 is 10.1 Å². The fourth-order valence-electron chi connectivity index (χ4n) is 2.06. The smallest absolute Gasteiger partial charge is 0.275 e. The lowest BCUT2D eigenvalue weighted by molar-refractivity contribution is 0.0944. The normalized spacial score (nSPS) is 10.7. The van der Waals surface area contributed by atoms with Gasteiger partial charge in [-0.3, -0.25) is 4.79 Å². The molecule has 1 amide bonds. The summed E-state index contributed by atoms with van der Waals surface area (Å²) in [4.78, 5) is 14.3. The Morgan fingerprint density at radius 1 is 1.32 bits per heavy atom. The van der Waals surface area contributed by atoms with E-state index in [1.54, 1.807) is 10.9 Å². The molecule has 1 aromatic carbocycles. The van der Waals surface area contributed by atoms with Crippen molar-refractivity contribution in [2.45, 2.75) is 6.42 Å². The van der Waals surface area contributed by atoms with Gasteiger partial charge in [-0.15, -0.1) is 0 Å². The number of benzene rings is 1. The molecule has 0 fully saturated rings. The third kappa shape index (κ3) is 4.08. The Morgan fingerprint density at radius 2 is 2.05 bits per heavy atom. The van der Waals surface area contributed by atoms with Crippen molar-refractivity contribution in [2.75, 3.05) is 34.3 Å². The topological polar surface area (TPSA) is 59.4 Å². The molecule has 0 bridgehead atoms. The number of hydrogen-bond donors (Lipinski definition) is 1. The van der Waals surface area contributed by atoms with Gasteiger partial charge in [-0.25, -0.2) is 4.68 Å². The van der Waals surface area contributed by atoms with E-state index in [-0.39, 0.29) is 5.91 Å². The van der Waals surface area contributed by atoms with E-state index in [2.05, 4.69) is 15.3 Å². The van der Waals surface area contributed by atoms with Crippen molar-refractivity contribution in [2.24, 2.45) is 0 Å². The Kier molecular flexibility index (Phi) is 5.55. The minimum Gasteiger partial charge on any atom is -0.493 e. The molecule has 1 N–H and O–H groups in total. The SMILES string of the molecule is COc1cn(-c2ccccc2)nc1C(=O)NCCCN(C)C. The largest absolute Gasteiger partial charge is 0.493 e. The summed E-state index contributed by atoms with van der Waals surface area (Å²) in [5, 5.41) is 7.21. The summed E-state index contributed by atoms with van der Waals surface area (Å²) in [6, 6.07) is 9.62. The van der Waals surface area contributed by atoms with Crippen molar-refractivity contribution in [3.8, 4) is 11.4 Å². The van der Waals surface area contributed by atoms with Crippen molar-refractivity contribution in [3.05, 3.63) is 42.2 Å². The maximum Gasteiger partial charge on any atom is 0.275 e. The van der Waals surface area contributed by atoms with Crippen molar-refractivity contribution >= 4 is 5.91 Å². The molecule has 2 rings (SSSR count). The number of para-hydroxylation sites is 1. The molecule has 0 aliphatic heterocycles. The third-order valence-electron chi connectivity index (χ3n) is 3.20. The molecule has 0 saturated carbocycles. The van der Waals surface area contributed by atoms with Gasteiger partial charge in [0.15, 0.2) is 11.4 Å². The number of aromatic nitrogens is 2. The van der Waals surface area contributed by atoms with Crippen LogP contribution in [0.2, 0.25) is 0 Å². The molecule has 6 nitrogen and oxygen atoms in total. The van der Waals surface area contributed by atoms with Gasteiger partial charge in [0.2, 0.25) is 0 Å². The zero-order valence-electron chi connectivity index (χ0n) is 13.2. The summed E-state index contributed by atoms with van der Waals surface area (Å²) in [5.41, 5.74) is 1.18. The molecule has 118 valence electrons. The number of hydrogen-bond acceptors (Lipinski definition) is 4. The van der Waals surface area contributed by atoms with E-state index in [0.29, 0.717) is 18.0 Å². The molecule has 1 aromatic heterocycles. The van der Waals surface area contributed by atoms with E-state index in [1.807, 2.05) is 44.4 Å². The monoisotopic (exact) mass is 302 g/mol. The number of carbonyl (C=O) groups excluding carboxylic acids is 1. The number of carbonyl (C=O) groups is 1. The van der Waals surface area contributed by atoms with Crippen LogP contribution in [0.5, 0.6) is 5.75 Å². The molecule has 22 heavy (non-hydrogen) atoms. The first-order valence-corrected chi connectivity index (χ1v) is 7.24. The average Bonchev–Trinajstić information content (AvgIpc) is 2.96. The van der Waals surface area contributed by atoms with Crippen molar-refractivity contribution in [1.29, 1.82) is 0 Å². The summed E-state index contributed by atoms with van der Waals surface area (Å²) in [6.45, 7) is 1.54. The molecule has 0 spiro atoms. The highest BCUT2D eigenvalue weighted by Crippen LogP contribution is 2.19. The maximum absolute atomic E-state index is 12.2. The molecule has 0 radical (unpaired) electrons. The van der Waals surface area contributed by atoms with E-state index in [0.717, 1.165) is 18.7 Å².